The lowest BCUT2D eigenvalue weighted by molar-refractivity contribution is 0.600. The van der Waals surface area contributed by atoms with Crippen molar-refractivity contribution >= 4 is 21.8 Å². The Morgan fingerprint density at radius 1 is 0.586 bits per heavy atom. The second-order valence-electron chi connectivity index (χ2n) is 8.83. The van der Waals surface area contributed by atoms with Crippen LogP contribution < -0.4 is 0 Å². The fourth-order valence-corrected chi connectivity index (χ4v) is 4.72. The van der Waals surface area contributed by atoms with Gasteiger partial charge in [-0.2, -0.15) is 0 Å². The van der Waals surface area contributed by atoms with E-state index in [0.29, 0.717) is 0 Å². The van der Waals surface area contributed by atoms with Gasteiger partial charge >= 0.3 is 0 Å². The third kappa shape index (κ3) is 6.11. The summed E-state index contributed by atoms with van der Waals surface area (Å²) in [5.41, 5.74) is 5.88. The Bertz CT molecular complexity index is 857. The molecule has 0 radical (unpaired) electrons. The molecule has 0 spiro atoms. The van der Waals surface area contributed by atoms with E-state index in [-0.39, 0.29) is 0 Å². The standard InChI is InChI=1S/C28H41N/c1-3-5-7-9-11-13-17-23-21-22-26-25-19-15-16-20-27(25)29-28(26)24(23)18-14-12-10-8-6-4-2/h15-16,19-22,29H,3-14,17-18H2,1-2H3. The van der Waals surface area contributed by atoms with Gasteiger partial charge in [0.15, 0.2) is 0 Å². The number of fused-ring (bicyclic) bond motifs is 3. The molecule has 0 fully saturated rings. The molecular weight excluding hydrogens is 350 g/mol. The molecule has 0 aliphatic heterocycles. The maximum Gasteiger partial charge on any atom is 0.0500 e. The van der Waals surface area contributed by atoms with E-state index in [9.17, 15) is 0 Å². The number of aromatic amines is 1. The Kier molecular flexibility index (Phi) is 9.12. The predicted octanol–water partition coefficient (Wildman–Crippen LogP) is 9.13. The third-order valence-corrected chi connectivity index (χ3v) is 6.47. The molecule has 0 atom stereocenters. The first-order chi connectivity index (χ1) is 14.3. The zero-order valence-corrected chi connectivity index (χ0v) is 18.9. The molecule has 1 heteroatoms. The maximum absolute atomic E-state index is 3.77. The number of rotatable bonds is 14. The SMILES string of the molecule is CCCCCCCCc1ccc2c([nH]c3ccccc32)c1CCCCCCCC. The fraction of sp³-hybridized carbons (Fsp3) is 0.571. The van der Waals surface area contributed by atoms with Crippen LogP contribution in [-0.4, -0.2) is 4.98 Å². The van der Waals surface area contributed by atoms with Crippen molar-refractivity contribution in [2.45, 2.75) is 104 Å². The number of benzene rings is 2. The summed E-state index contributed by atoms with van der Waals surface area (Å²) < 4.78 is 0. The monoisotopic (exact) mass is 391 g/mol. The van der Waals surface area contributed by atoms with Crippen molar-refractivity contribution in [3.63, 3.8) is 0 Å². The van der Waals surface area contributed by atoms with Crippen molar-refractivity contribution in [3.8, 4) is 0 Å². The minimum atomic E-state index is 1.22. The Labute approximate surface area is 178 Å². The molecule has 0 amide bonds. The highest BCUT2D eigenvalue weighted by Gasteiger charge is 2.12. The van der Waals surface area contributed by atoms with E-state index < -0.39 is 0 Å². The van der Waals surface area contributed by atoms with Crippen LogP contribution in [0.25, 0.3) is 21.8 Å². The maximum atomic E-state index is 3.77. The number of unbranched alkanes of at least 4 members (excludes halogenated alkanes) is 10. The van der Waals surface area contributed by atoms with Crippen LogP contribution in [0.15, 0.2) is 36.4 Å². The molecule has 3 aromatic rings. The van der Waals surface area contributed by atoms with E-state index in [4.69, 9.17) is 0 Å². The number of aromatic nitrogens is 1. The van der Waals surface area contributed by atoms with Gasteiger partial charge in [0.2, 0.25) is 0 Å². The van der Waals surface area contributed by atoms with Crippen molar-refractivity contribution in [1.29, 1.82) is 0 Å². The van der Waals surface area contributed by atoms with Crippen molar-refractivity contribution in [1.82, 2.24) is 4.98 Å². The average molecular weight is 392 g/mol. The number of nitrogens with one attached hydrogen (secondary N) is 1. The lowest BCUT2D eigenvalue weighted by Gasteiger charge is -2.12. The van der Waals surface area contributed by atoms with Crippen molar-refractivity contribution in [3.05, 3.63) is 47.5 Å². The summed E-state index contributed by atoms with van der Waals surface area (Å²) in [6.45, 7) is 4.59. The molecule has 2 aromatic carbocycles. The zero-order valence-electron chi connectivity index (χ0n) is 18.9. The quantitative estimate of drug-likeness (QED) is 0.264. The first-order valence-electron chi connectivity index (χ1n) is 12.4. The lowest BCUT2D eigenvalue weighted by Crippen LogP contribution is -1.97. The molecule has 1 aromatic heterocycles. The smallest absolute Gasteiger partial charge is 0.0500 e. The average Bonchev–Trinajstić information content (AvgIpc) is 3.12. The molecule has 158 valence electrons. The van der Waals surface area contributed by atoms with Crippen LogP contribution in [0.2, 0.25) is 0 Å². The van der Waals surface area contributed by atoms with Gasteiger partial charge in [-0.15, -0.1) is 0 Å². The van der Waals surface area contributed by atoms with Gasteiger partial charge in [-0.25, -0.2) is 0 Å². The molecule has 0 aliphatic rings. The van der Waals surface area contributed by atoms with Crippen molar-refractivity contribution in [2.24, 2.45) is 0 Å². The van der Waals surface area contributed by atoms with E-state index >= 15 is 0 Å². The Morgan fingerprint density at radius 3 is 1.93 bits per heavy atom. The van der Waals surface area contributed by atoms with Gasteiger partial charge in [0.25, 0.3) is 0 Å². The van der Waals surface area contributed by atoms with Gasteiger partial charge in [-0.3, -0.25) is 0 Å². The summed E-state index contributed by atoms with van der Waals surface area (Å²) in [5, 5.41) is 2.78. The summed E-state index contributed by atoms with van der Waals surface area (Å²) in [4.78, 5) is 3.77. The van der Waals surface area contributed by atoms with Gasteiger partial charge in [0.05, 0.1) is 0 Å². The first kappa shape index (κ1) is 21.9. The van der Waals surface area contributed by atoms with Gasteiger partial charge < -0.3 is 4.98 Å². The van der Waals surface area contributed by atoms with Crippen LogP contribution in [-0.2, 0) is 12.8 Å². The molecule has 0 saturated heterocycles. The Hall–Kier alpha value is -1.76. The van der Waals surface area contributed by atoms with Gasteiger partial charge in [0.1, 0.15) is 0 Å². The summed E-state index contributed by atoms with van der Waals surface area (Å²) in [6, 6.07) is 13.6. The predicted molar refractivity (Wildman–Crippen MR) is 130 cm³/mol. The van der Waals surface area contributed by atoms with Gasteiger partial charge in [0, 0.05) is 21.8 Å². The molecule has 0 bridgehead atoms. The van der Waals surface area contributed by atoms with E-state index in [1.54, 1.807) is 11.1 Å². The number of para-hydroxylation sites is 1. The fourth-order valence-electron chi connectivity index (χ4n) is 4.72. The van der Waals surface area contributed by atoms with E-state index in [2.05, 4.69) is 55.2 Å². The highest BCUT2D eigenvalue weighted by Crippen LogP contribution is 2.31. The largest absolute Gasteiger partial charge is 0.354 e. The normalized spacial score (nSPS) is 11.7. The molecule has 0 aliphatic carbocycles. The number of hydrogen-bond acceptors (Lipinski definition) is 0. The lowest BCUT2D eigenvalue weighted by atomic mass is 9.94. The van der Waals surface area contributed by atoms with E-state index in [0.717, 1.165) is 0 Å². The summed E-state index contributed by atoms with van der Waals surface area (Å²) in [5.74, 6) is 0. The summed E-state index contributed by atoms with van der Waals surface area (Å²) in [7, 11) is 0. The summed E-state index contributed by atoms with van der Waals surface area (Å²) in [6.07, 6.45) is 18.9. The molecule has 1 heterocycles. The molecular formula is C28H41N. The van der Waals surface area contributed by atoms with Gasteiger partial charge in [-0.05, 0) is 42.9 Å². The third-order valence-electron chi connectivity index (χ3n) is 6.47. The highest BCUT2D eigenvalue weighted by atomic mass is 14.7. The number of aryl methyl sites for hydroxylation is 2. The summed E-state index contributed by atoms with van der Waals surface area (Å²) >= 11 is 0. The van der Waals surface area contributed by atoms with Crippen molar-refractivity contribution in [2.75, 3.05) is 0 Å². The topological polar surface area (TPSA) is 15.8 Å². The van der Waals surface area contributed by atoms with Crippen LogP contribution in [0.3, 0.4) is 0 Å². The minimum Gasteiger partial charge on any atom is -0.354 e. The molecule has 0 unspecified atom stereocenters. The van der Waals surface area contributed by atoms with Crippen LogP contribution in [0.1, 0.15) is 102 Å². The molecule has 3 rings (SSSR count). The molecule has 29 heavy (non-hydrogen) atoms. The van der Waals surface area contributed by atoms with Crippen LogP contribution in [0.4, 0.5) is 0 Å². The first-order valence-corrected chi connectivity index (χ1v) is 12.4. The highest BCUT2D eigenvalue weighted by molar-refractivity contribution is 6.08. The Balaban J connectivity index is 1.72. The second-order valence-corrected chi connectivity index (χ2v) is 8.83. The second kappa shape index (κ2) is 12.1. The number of hydrogen-bond donors (Lipinski definition) is 1. The zero-order chi connectivity index (χ0) is 20.3. The minimum absolute atomic E-state index is 1.22. The number of H-pyrrole nitrogens is 1. The van der Waals surface area contributed by atoms with Crippen LogP contribution in [0.5, 0.6) is 0 Å². The molecule has 1 N–H and O–H groups in total. The van der Waals surface area contributed by atoms with E-state index in [1.807, 2.05) is 0 Å². The van der Waals surface area contributed by atoms with Crippen LogP contribution in [0, 0.1) is 0 Å². The van der Waals surface area contributed by atoms with Gasteiger partial charge in [-0.1, -0.05) is 108 Å². The van der Waals surface area contributed by atoms with E-state index in [1.165, 1.54) is 112 Å². The van der Waals surface area contributed by atoms with Crippen LogP contribution >= 0.6 is 0 Å². The molecule has 1 nitrogen and oxygen atoms in total. The molecule has 0 saturated carbocycles. The Morgan fingerprint density at radius 2 is 1.21 bits per heavy atom. The van der Waals surface area contributed by atoms with Crippen molar-refractivity contribution < 1.29 is 0 Å².